The number of aryl methyl sites for hydroxylation is 2. The standard InChI is InChI=1S/C21H22N4O/c26-21(25-17-6-7-18(25)9-8-17)16-12-19-20(22-13-16)24(14-23-19)11-10-15-4-2-1-3-5-15/h1-5,12-14,17-18H,6-11H2. The highest BCUT2D eigenvalue weighted by atomic mass is 16.2. The summed E-state index contributed by atoms with van der Waals surface area (Å²) in [7, 11) is 0. The van der Waals surface area contributed by atoms with Gasteiger partial charge < -0.3 is 9.47 Å². The van der Waals surface area contributed by atoms with Crippen LogP contribution in [0.5, 0.6) is 0 Å². The molecule has 5 nitrogen and oxygen atoms in total. The third-order valence-corrected chi connectivity index (χ3v) is 5.87. The predicted octanol–water partition coefficient (Wildman–Crippen LogP) is 3.44. The summed E-state index contributed by atoms with van der Waals surface area (Å²) in [5, 5.41) is 0. The van der Waals surface area contributed by atoms with Crippen LogP contribution in [0.3, 0.4) is 0 Å². The van der Waals surface area contributed by atoms with Gasteiger partial charge >= 0.3 is 0 Å². The van der Waals surface area contributed by atoms with Crippen LogP contribution in [-0.2, 0) is 13.0 Å². The summed E-state index contributed by atoms with van der Waals surface area (Å²) in [6.07, 6.45) is 9.10. The van der Waals surface area contributed by atoms with Crippen molar-refractivity contribution in [3.8, 4) is 0 Å². The van der Waals surface area contributed by atoms with Crippen molar-refractivity contribution in [3.63, 3.8) is 0 Å². The van der Waals surface area contributed by atoms with Crippen LogP contribution in [0.4, 0.5) is 0 Å². The molecule has 2 aliphatic heterocycles. The van der Waals surface area contributed by atoms with E-state index in [1.54, 1.807) is 6.20 Å². The van der Waals surface area contributed by atoms with Crippen LogP contribution in [-0.4, -0.2) is 37.4 Å². The van der Waals surface area contributed by atoms with Crippen molar-refractivity contribution >= 4 is 17.1 Å². The minimum atomic E-state index is 0.128. The number of benzene rings is 1. The number of hydrogen-bond acceptors (Lipinski definition) is 3. The molecule has 4 heterocycles. The van der Waals surface area contributed by atoms with Crippen molar-refractivity contribution < 1.29 is 4.79 Å². The first-order valence-corrected chi connectivity index (χ1v) is 9.47. The van der Waals surface area contributed by atoms with Crippen molar-refractivity contribution in [3.05, 3.63) is 60.0 Å². The number of fused-ring (bicyclic) bond motifs is 3. The number of aromatic nitrogens is 3. The van der Waals surface area contributed by atoms with E-state index in [1.807, 2.05) is 18.5 Å². The number of hydrogen-bond donors (Lipinski definition) is 0. The van der Waals surface area contributed by atoms with Gasteiger partial charge in [0.05, 0.1) is 11.9 Å². The van der Waals surface area contributed by atoms with Crippen LogP contribution < -0.4 is 0 Å². The summed E-state index contributed by atoms with van der Waals surface area (Å²) >= 11 is 0. The van der Waals surface area contributed by atoms with E-state index in [0.717, 1.165) is 49.8 Å². The summed E-state index contributed by atoms with van der Waals surface area (Å²) in [6, 6.07) is 13.2. The van der Waals surface area contributed by atoms with Crippen LogP contribution in [0.1, 0.15) is 41.6 Å². The topological polar surface area (TPSA) is 51.0 Å². The van der Waals surface area contributed by atoms with Crippen LogP contribution in [0.25, 0.3) is 11.2 Å². The molecular weight excluding hydrogens is 324 g/mol. The summed E-state index contributed by atoms with van der Waals surface area (Å²) in [6.45, 7) is 0.830. The Bertz CT molecular complexity index is 929. The normalized spacial score (nSPS) is 21.6. The summed E-state index contributed by atoms with van der Waals surface area (Å²) < 4.78 is 2.07. The average Bonchev–Trinajstić information content (AvgIpc) is 3.40. The van der Waals surface area contributed by atoms with Crippen LogP contribution >= 0.6 is 0 Å². The summed E-state index contributed by atoms with van der Waals surface area (Å²) in [5.41, 5.74) is 3.62. The van der Waals surface area contributed by atoms with E-state index in [1.165, 1.54) is 5.56 Å². The van der Waals surface area contributed by atoms with Crippen LogP contribution in [0.15, 0.2) is 48.9 Å². The predicted molar refractivity (Wildman–Crippen MR) is 99.9 cm³/mol. The van der Waals surface area contributed by atoms with E-state index in [9.17, 15) is 4.79 Å². The van der Waals surface area contributed by atoms with Gasteiger partial charge in [0.25, 0.3) is 5.91 Å². The highest BCUT2D eigenvalue weighted by molar-refractivity contribution is 5.97. The number of carbonyl (C=O) groups is 1. The first-order valence-electron chi connectivity index (χ1n) is 9.47. The van der Waals surface area contributed by atoms with Gasteiger partial charge in [0, 0.05) is 24.8 Å². The molecule has 2 fully saturated rings. The average molecular weight is 346 g/mol. The molecule has 0 aliphatic carbocycles. The van der Waals surface area contributed by atoms with Gasteiger partial charge in [0.2, 0.25) is 0 Å². The molecule has 1 amide bonds. The van der Waals surface area contributed by atoms with Gasteiger partial charge in [0.15, 0.2) is 5.65 Å². The number of nitrogens with zero attached hydrogens (tertiary/aromatic N) is 4. The maximum Gasteiger partial charge on any atom is 0.255 e. The fourth-order valence-corrected chi connectivity index (χ4v) is 4.52. The van der Waals surface area contributed by atoms with E-state index >= 15 is 0 Å². The Labute approximate surface area is 152 Å². The van der Waals surface area contributed by atoms with E-state index in [2.05, 4.69) is 43.7 Å². The molecule has 0 unspecified atom stereocenters. The van der Waals surface area contributed by atoms with E-state index < -0.39 is 0 Å². The molecule has 26 heavy (non-hydrogen) atoms. The minimum Gasteiger partial charge on any atom is -0.333 e. The lowest BCUT2D eigenvalue weighted by Crippen LogP contribution is -2.35. The summed E-state index contributed by atoms with van der Waals surface area (Å²) in [4.78, 5) is 24.1. The largest absolute Gasteiger partial charge is 0.333 e. The first kappa shape index (κ1) is 15.6. The van der Waals surface area contributed by atoms with E-state index in [4.69, 9.17) is 0 Å². The van der Waals surface area contributed by atoms with Crippen LogP contribution in [0, 0.1) is 0 Å². The maximum atomic E-state index is 12.9. The monoisotopic (exact) mass is 346 g/mol. The van der Waals surface area contributed by atoms with Crippen molar-refractivity contribution in [2.45, 2.75) is 50.7 Å². The second-order valence-electron chi connectivity index (χ2n) is 7.42. The molecule has 0 spiro atoms. The van der Waals surface area contributed by atoms with Gasteiger partial charge in [-0.15, -0.1) is 0 Å². The highest BCUT2D eigenvalue weighted by Crippen LogP contribution is 2.38. The third-order valence-electron chi connectivity index (χ3n) is 5.87. The fourth-order valence-electron chi connectivity index (χ4n) is 4.52. The molecule has 2 aromatic heterocycles. The molecule has 2 saturated heterocycles. The number of imidazole rings is 1. The molecule has 5 heteroatoms. The van der Waals surface area contributed by atoms with Gasteiger partial charge in [-0.3, -0.25) is 4.79 Å². The fraction of sp³-hybridized carbons (Fsp3) is 0.381. The Hall–Kier alpha value is -2.69. The second kappa shape index (κ2) is 6.24. The smallest absolute Gasteiger partial charge is 0.255 e. The van der Waals surface area contributed by atoms with Gasteiger partial charge in [-0.1, -0.05) is 30.3 Å². The summed E-state index contributed by atoms with van der Waals surface area (Å²) in [5.74, 6) is 0.128. The van der Waals surface area contributed by atoms with E-state index in [-0.39, 0.29) is 5.91 Å². The number of amides is 1. The first-order chi connectivity index (χ1) is 12.8. The lowest BCUT2D eigenvalue weighted by atomic mass is 10.0. The molecule has 2 aliphatic rings. The van der Waals surface area contributed by atoms with Gasteiger partial charge in [0.1, 0.15) is 5.52 Å². The molecule has 2 bridgehead atoms. The Balaban J connectivity index is 1.37. The molecular formula is C21H22N4O. The zero-order valence-electron chi connectivity index (χ0n) is 14.7. The van der Waals surface area contributed by atoms with Crippen molar-refractivity contribution in [1.29, 1.82) is 0 Å². The third kappa shape index (κ3) is 2.59. The zero-order valence-corrected chi connectivity index (χ0v) is 14.7. The SMILES string of the molecule is O=C(c1cnc2c(c1)ncn2CCc1ccccc1)N1C2CCC1CC2. The number of carbonyl (C=O) groups excluding carboxylic acids is 1. The Morgan fingerprint density at radius 1 is 1.04 bits per heavy atom. The minimum absolute atomic E-state index is 0.128. The Kier molecular flexibility index (Phi) is 3.73. The zero-order chi connectivity index (χ0) is 17.5. The molecule has 0 N–H and O–H groups in total. The van der Waals surface area contributed by atoms with Gasteiger partial charge in [-0.2, -0.15) is 0 Å². The molecule has 1 aromatic carbocycles. The van der Waals surface area contributed by atoms with Crippen molar-refractivity contribution in [1.82, 2.24) is 19.4 Å². The number of pyridine rings is 1. The highest BCUT2D eigenvalue weighted by Gasteiger charge is 2.42. The molecule has 0 radical (unpaired) electrons. The lowest BCUT2D eigenvalue weighted by molar-refractivity contribution is 0.0729. The van der Waals surface area contributed by atoms with E-state index in [0.29, 0.717) is 17.6 Å². The molecule has 0 atom stereocenters. The quantitative estimate of drug-likeness (QED) is 0.727. The Morgan fingerprint density at radius 3 is 2.50 bits per heavy atom. The van der Waals surface area contributed by atoms with Crippen LogP contribution in [0.2, 0.25) is 0 Å². The lowest BCUT2D eigenvalue weighted by Gasteiger charge is -2.21. The van der Waals surface area contributed by atoms with Crippen molar-refractivity contribution in [2.75, 3.05) is 0 Å². The Morgan fingerprint density at radius 2 is 1.77 bits per heavy atom. The molecule has 132 valence electrons. The second-order valence-corrected chi connectivity index (χ2v) is 7.42. The molecule has 5 rings (SSSR count). The number of rotatable bonds is 4. The molecule has 3 aromatic rings. The van der Waals surface area contributed by atoms with Gasteiger partial charge in [-0.25, -0.2) is 9.97 Å². The maximum absolute atomic E-state index is 12.9. The molecule has 0 saturated carbocycles. The van der Waals surface area contributed by atoms with Crippen molar-refractivity contribution in [2.24, 2.45) is 0 Å². The van der Waals surface area contributed by atoms with Gasteiger partial charge in [-0.05, 0) is 43.7 Å².